The van der Waals surface area contributed by atoms with E-state index in [1.54, 1.807) is 31.3 Å². The molecule has 0 radical (unpaired) electrons. The Kier molecular flexibility index (Phi) is 3.81. The Morgan fingerprint density at radius 1 is 0.950 bits per heavy atom. The van der Waals surface area contributed by atoms with Gasteiger partial charge in [0.25, 0.3) is 10.0 Å². The molecule has 0 aliphatic carbocycles. The molecule has 1 heterocycles. The van der Waals surface area contributed by atoms with Gasteiger partial charge in [0.05, 0.1) is 10.6 Å². The van der Waals surface area contributed by atoms with Gasteiger partial charge in [-0.2, -0.15) is 0 Å². The van der Waals surface area contributed by atoms with Crippen molar-refractivity contribution in [1.82, 2.24) is 4.98 Å². The molecule has 106 valence electrons. The summed E-state index contributed by atoms with van der Waals surface area (Å²) < 4.78 is 27.5. The maximum Gasteiger partial charge on any atom is 0.262 e. The van der Waals surface area contributed by atoms with Crippen molar-refractivity contribution in [1.29, 1.82) is 0 Å². The number of sulfonamides is 1. The van der Waals surface area contributed by atoms with E-state index in [1.165, 1.54) is 0 Å². The van der Waals surface area contributed by atoms with Gasteiger partial charge in [0.15, 0.2) is 0 Å². The Labute approximate surface area is 119 Å². The second kappa shape index (κ2) is 5.25. The molecule has 0 saturated carbocycles. The fourth-order valence-electron chi connectivity index (χ4n) is 2.04. The Balaban J connectivity index is 2.43. The summed E-state index contributed by atoms with van der Waals surface area (Å²) in [5, 5.41) is 0. The molecule has 20 heavy (non-hydrogen) atoms. The number of pyridine rings is 1. The van der Waals surface area contributed by atoms with Crippen LogP contribution in [0.3, 0.4) is 0 Å². The van der Waals surface area contributed by atoms with Crippen LogP contribution in [0.2, 0.25) is 0 Å². The Hall–Kier alpha value is -1.88. The van der Waals surface area contributed by atoms with Crippen LogP contribution in [0, 0.1) is 27.7 Å². The lowest BCUT2D eigenvalue weighted by molar-refractivity contribution is 0.600. The molecule has 0 aliphatic heterocycles. The van der Waals surface area contributed by atoms with Crippen molar-refractivity contribution in [3.8, 4) is 0 Å². The van der Waals surface area contributed by atoms with Crippen LogP contribution in [-0.2, 0) is 10.0 Å². The summed E-state index contributed by atoms with van der Waals surface area (Å²) in [7, 11) is -3.58. The molecule has 2 rings (SSSR count). The van der Waals surface area contributed by atoms with Gasteiger partial charge in [-0.25, -0.2) is 8.42 Å². The lowest BCUT2D eigenvalue weighted by Crippen LogP contribution is -2.15. The van der Waals surface area contributed by atoms with Crippen LogP contribution in [0.25, 0.3) is 0 Å². The molecule has 0 unspecified atom stereocenters. The minimum Gasteiger partial charge on any atom is -0.280 e. The number of aromatic nitrogens is 1. The monoisotopic (exact) mass is 290 g/mol. The molecule has 4 nitrogen and oxygen atoms in total. The quantitative estimate of drug-likeness (QED) is 0.945. The van der Waals surface area contributed by atoms with Crippen LogP contribution in [0.1, 0.15) is 22.4 Å². The van der Waals surface area contributed by atoms with E-state index < -0.39 is 10.0 Å². The average molecular weight is 290 g/mol. The maximum absolute atomic E-state index is 12.5. The van der Waals surface area contributed by atoms with Gasteiger partial charge in [0.1, 0.15) is 0 Å². The third kappa shape index (κ3) is 2.99. The lowest BCUT2D eigenvalue weighted by Gasteiger charge is -2.12. The number of aryl methyl sites for hydroxylation is 4. The minimum atomic E-state index is -3.58. The summed E-state index contributed by atoms with van der Waals surface area (Å²) in [6.07, 6.45) is 1.58. The third-order valence-electron chi connectivity index (χ3n) is 3.23. The first-order valence-electron chi connectivity index (χ1n) is 6.33. The number of hydrogen-bond acceptors (Lipinski definition) is 3. The first-order valence-corrected chi connectivity index (χ1v) is 7.81. The van der Waals surface area contributed by atoms with E-state index in [2.05, 4.69) is 9.71 Å². The van der Waals surface area contributed by atoms with Crippen molar-refractivity contribution >= 4 is 15.7 Å². The second-order valence-electron chi connectivity index (χ2n) is 4.99. The van der Waals surface area contributed by atoms with Gasteiger partial charge in [-0.05, 0) is 62.6 Å². The van der Waals surface area contributed by atoms with Crippen LogP contribution < -0.4 is 4.72 Å². The number of rotatable bonds is 3. The van der Waals surface area contributed by atoms with E-state index >= 15 is 0 Å². The van der Waals surface area contributed by atoms with Crippen LogP contribution in [0.15, 0.2) is 35.4 Å². The third-order valence-corrected chi connectivity index (χ3v) is 4.75. The van der Waals surface area contributed by atoms with E-state index in [0.717, 1.165) is 22.4 Å². The Morgan fingerprint density at radius 3 is 2.25 bits per heavy atom. The predicted octanol–water partition coefficient (Wildman–Crippen LogP) is 3.12. The van der Waals surface area contributed by atoms with Gasteiger partial charge in [0.2, 0.25) is 0 Å². The van der Waals surface area contributed by atoms with Crippen molar-refractivity contribution in [3.05, 3.63) is 52.8 Å². The zero-order valence-corrected chi connectivity index (χ0v) is 12.9. The van der Waals surface area contributed by atoms with E-state index in [4.69, 9.17) is 0 Å². The largest absolute Gasteiger partial charge is 0.280 e. The normalized spacial score (nSPS) is 11.4. The predicted molar refractivity (Wildman–Crippen MR) is 80.4 cm³/mol. The number of nitrogens with zero attached hydrogens (tertiary/aromatic N) is 1. The molecule has 0 amide bonds. The van der Waals surface area contributed by atoms with Gasteiger partial charge in [-0.1, -0.05) is 6.07 Å². The number of anilines is 1. The maximum atomic E-state index is 12.5. The second-order valence-corrected chi connectivity index (χ2v) is 6.64. The summed E-state index contributed by atoms with van der Waals surface area (Å²) in [4.78, 5) is 4.37. The lowest BCUT2D eigenvalue weighted by atomic mass is 10.1. The fourth-order valence-corrected chi connectivity index (χ4v) is 3.40. The molecule has 0 spiro atoms. The highest BCUT2D eigenvalue weighted by Crippen LogP contribution is 2.22. The molecule has 5 heteroatoms. The molecule has 1 aromatic heterocycles. The summed E-state index contributed by atoms with van der Waals surface area (Å²) in [6, 6.07) is 6.94. The first kappa shape index (κ1) is 14.5. The topological polar surface area (TPSA) is 59.1 Å². The Bertz CT molecular complexity index is 752. The van der Waals surface area contributed by atoms with Crippen LogP contribution in [-0.4, -0.2) is 13.4 Å². The standard InChI is InChI=1S/C15H18N2O2S/c1-10-7-12(3)15(8-11(10)2)20(18,19)17-14-5-6-16-13(4)9-14/h5-9H,1-4H3,(H,16,17). The molecule has 1 N–H and O–H groups in total. The minimum absolute atomic E-state index is 0.315. The van der Waals surface area contributed by atoms with E-state index in [0.29, 0.717) is 10.6 Å². The Morgan fingerprint density at radius 2 is 1.60 bits per heavy atom. The van der Waals surface area contributed by atoms with Gasteiger partial charge in [0, 0.05) is 11.9 Å². The zero-order chi connectivity index (χ0) is 14.9. The zero-order valence-electron chi connectivity index (χ0n) is 12.1. The summed E-state index contributed by atoms with van der Waals surface area (Å²) in [6.45, 7) is 7.50. The molecule has 0 bridgehead atoms. The van der Waals surface area contributed by atoms with Gasteiger partial charge < -0.3 is 0 Å². The SMILES string of the molecule is Cc1cc(NS(=O)(=O)c2cc(C)c(C)cc2C)ccn1. The van der Waals surface area contributed by atoms with Crippen LogP contribution in [0.5, 0.6) is 0 Å². The highest BCUT2D eigenvalue weighted by Gasteiger charge is 2.18. The number of benzene rings is 1. The smallest absolute Gasteiger partial charge is 0.262 e. The van der Waals surface area contributed by atoms with Crippen molar-refractivity contribution in [3.63, 3.8) is 0 Å². The molecule has 2 aromatic rings. The highest BCUT2D eigenvalue weighted by atomic mass is 32.2. The van der Waals surface area contributed by atoms with E-state index in [9.17, 15) is 8.42 Å². The van der Waals surface area contributed by atoms with Gasteiger partial charge >= 0.3 is 0 Å². The van der Waals surface area contributed by atoms with Crippen molar-refractivity contribution in [2.45, 2.75) is 32.6 Å². The van der Waals surface area contributed by atoms with Crippen LogP contribution in [0.4, 0.5) is 5.69 Å². The molecular formula is C15H18N2O2S. The summed E-state index contributed by atoms with van der Waals surface area (Å²) in [5.74, 6) is 0. The van der Waals surface area contributed by atoms with Crippen molar-refractivity contribution in [2.24, 2.45) is 0 Å². The van der Waals surface area contributed by atoms with Gasteiger partial charge in [-0.3, -0.25) is 9.71 Å². The number of hydrogen-bond donors (Lipinski definition) is 1. The molecular weight excluding hydrogens is 272 g/mol. The molecule has 0 aliphatic rings. The average Bonchev–Trinajstić information content (AvgIpc) is 2.33. The molecule has 1 aromatic carbocycles. The summed E-state index contributed by atoms with van der Waals surface area (Å²) in [5.41, 5.74) is 4.08. The highest BCUT2D eigenvalue weighted by molar-refractivity contribution is 7.92. The van der Waals surface area contributed by atoms with Crippen LogP contribution >= 0.6 is 0 Å². The van der Waals surface area contributed by atoms with Gasteiger partial charge in [-0.15, -0.1) is 0 Å². The van der Waals surface area contributed by atoms with E-state index in [-0.39, 0.29) is 0 Å². The molecule has 0 saturated heterocycles. The fraction of sp³-hybridized carbons (Fsp3) is 0.267. The van der Waals surface area contributed by atoms with Crippen molar-refractivity contribution in [2.75, 3.05) is 4.72 Å². The summed E-state index contributed by atoms with van der Waals surface area (Å²) >= 11 is 0. The molecule has 0 atom stereocenters. The first-order chi connectivity index (χ1) is 9.29. The molecule has 0 fully saturated rings. The van der Waals surface area contributed by atoms with Crippen molar-refractivity contribution < 1.29 is 8.42 Å². The number of nitrogens with one attached hydrogen (secondary N) is 1. The van der Waals surface area contributed by atoms with E-state index in [1.807, 2.05) is 26.8 Å².